The third-order valence-corrected chi connectivity index (χ3v) is 6.09. The molecule has 1 aliphatic carbocycles. The second kappa shape index (κ2) is 7.72. The highest BCUT2D eigenvalue weighted by Gasteiger charge is 2.45. The van der Waals surface area contributed by atoms with E-state index in [9.17, 15) is 8.78 Å². The maximum Gasteiger partial charge on any atom is 0.252 e. The highest BCUT2D eigenvalue weighted by atomic mass is 19.3. The number of tetrazole rings is 1. The molecule has 0 amide bonds. The number of rotatable bonds is 5. The van der Waals surface area contributed by atoms with Gasteiger partial charge in [-0.15, -0.1) is 10.2 Å². The summed E-state index contributed by atoms with van der Waals surface area (Å²) < 4.78 is 40.8. The molecule has 1 atom stereocenters. The number of aromatic nitrogens is 5. The van der Waals surface area contributed by atoms with Crippen molar-refractivity contribution in [2.24, 2.45) is 0 Å². The van der Waals surface area contributed by atoms with Crippen molar-refractivity contribution < 1.29 is 18.3 Å². The minimum absolute atomic E-state index is 0.199. The third-order valence-electron chi connectivity index (χ3n) is 6.09. The zero-order valence-corrected chi connectivity index (χ0v) is 17.2. The fraction of sp³-hybridized carbons (Fsp3) is 0.455. The lowest BCUT2D eigenvalue weighted by molar-refractivity contribution is -0.0588. The number of alkyl halides is 2. The molecular formula is C22H23F2N5O2. The summed E-state index contributed by atoms with van der Waals surface area (Å²) in [5, 5.41) is 14.6. The number of benzene rings is 1. The minimum atomic E-state index is -2.79. The van der Waals surface area contributed by atoms with Gasteiger partial charge in [0, 0.05) is 37.8 Å². The number of halogens is 2. The van der Waals surface area contributed by atoms with Crippen molar-refractivity contribution in [2.75, 3.05) is 20.3 Å². The first-order valence-corrected chi connectivity index (χ1v) is 10.4. The molecule has 0 spiro atoms. The largest absolute Gasteiger partial charge is 0.381 e. The van der Waals surface area contributed by atoms with E-state index in [1.165, 1.54) is 0 Å². The maximum absolute atomic E-state index is 14.5. The number of hydrogen-bond acceptors (Lipinski definition) is 6. The van der Waals surface area contributed by atoms with Crippen LogP contribution in [0.4, 0.5) is 8.78 Å². The molecule has 162 valence electrons. The van der Waals surface area contributed by atoms with Crippen molar-refractivity contribution >= 4 is 0 Å². The van der Waals surface area contributed by atoms with Gasteiger partial charge in [0.1, 0.15) is 5.60 Å². The Bertz CT molecular complexity index is 1070. The first-order chi connectivity index (χ1) is 15.0. The zero-order chi connectivity index (χ0) is 21.5. The van der Waals surface area contributed by atoms with Gasteiger partial charge in [0.2, 0.25) is 5.82 Å². The SMILES string of the molecule is COC[C@@]1(c2nc3c(c(-c4ccccc4)c2-c2nn[nH]n2)CC(F)(F)CC3)CCCO1. The Kier molecular flexibility index (Phi) is 5.02. The fourth-order valence-electron chi connectivity index (χ4n) is 4.76. The van der Waals surface area contributed by atoms with Crippen molar-refractivity contribution in [3.8, 4) is 22.5 Å². The van der Waals surface area contributed by atoms with Crippen molar-refractivity contribution in [1.82, 2.24) is 25.6 Å². The highest BCUT2D eigenvalue weighted by molar-refractivity contribution is 5.86. The fourth-order valence-corrected chi connectivity index (χ4v) is 4.76. The summed E-state index contributed by atoms with van der Waals surface area (Å²) in [5.74, 6) is -2.48. The molecule has 1 fully saturated rings. The van der Waals surface area contributed by atoms with Crippen molar-refractivity contribution in [1.29, 1.82) is 0 Å². The Labute approximate surface area is 178 Å². The number of fused-ring (bicyclic) bond motifs is 1. The summed E-state index contributed by atoms with van der Waals surface area (Å²) >= 11 is 0. The molecule has 3 heterocycles. The molecule has 7 nitrogen and oxygen atoms in total. The van der Waals surface area contributed by atoms with Crippen LogP contribution in [0.25, 0.3) is 22.5 Å². The van der Waals surface area contributed by atoms with E-state index in [-0.39, 0.29) is 19.3 Å². The Balaban J connectivity index is 1.86. The van der Waals surface area contributed by atoms with Gasteiger partial charge >= 0.3 is 0 Å². The standard InChI is InChI=1S/C22H23F2N5O2/c1-30-13-21(9-5-11-31-21)19-18(20-26-28-29-27-20)17(14-6-3-2-4-7-14)15-12-22(23,24)10-8-16(15)25-19/h2-4,6-7H,5,8-13H2,1H3,(H,26,27,28,29)/t21-/m1/s1. The number of nitrogens with one attached hydrogen (secondary N) is 1. The van der Waals surface area contributed by atoms with Crippen LogP contribution in [0.2, 0.25) is 0 Å². The molecule has 2 aromatic heterocycles. The number of ether oxygens (including phenoxy) is 2. The number of nitrogens with zero attached hydrogens (tertiary/aromatic N) is 4. The van der Waals surface area contributed by atoms with Gasteiger partial charge < -0.3 is 9.47 Å². The van der Waals surface area contributed by atoms with E-state index in [1.54, 1.807) is 7.11 Å². The molecule has 1 aliphatic heterocycles. The summed E-state index contributed by atoms with van der Waals surface area (Å²) in [7, 11) is 1.62. The van der Waals surface area contributed by atoms with Crippen LogP contribution >= 0.6 is 0 Å². The molecule has 0 radical (unpaired) electrons. The van der Waals surface area contributed by atoms with E-state index in [4.69, 9.17) is 14.5 Å². The average Bonchev–Trinajstić information content (AvgIpc) is 3.46. The van der Waals surface area contributed by atoms with Crippen LogP contribution in [0.3, 0.4) is 0 Å². The van der Waals surface area contributed by atoms with E-state index < -0.39 is 11.5 Å². The molecular weight excluding hydrogens is 404 g/mol. The van der Waals surface area contributed by atoms with Crippen molar-refractivity contribution in [2.45, 2.75) is 43.6 Å². The second-order valence-electron chi connectivity index (χ2n) is 8.15. The van der Waals surface area contributed by atoms with Gasteiger partial charge in [-0.05, 0) is 35.6 Å². The summed E-state index contributed by atoms with van der Waals surface area (Å²) in [5.41, 5.74) is 3.13. The zero-order valence-electron chi connectivity index (χ0n) is 17.2. The monoisotopic (exact) mass is 427 g/mol. The molecule has 5 rings (SSSR count). The molecule has 9 heteroatoms. The molecule has 1 N–H and O–H groups in total. The van der Waals surface area contributed by atoms with Crippen LogP contribution in [-0.2, 0) is 27.9 Å². The van der Waals surface area contributed by atoms with Gasteiger partial charge in [0.15, 0.2) is 0 Å². The number of H-pyrrole nitrogens is 1. The van der Waals surface area contributed by atoms with E-state index >= 15 is 0 Å². The quantitative estimate of drug-likeness (QED) is 0.668. The van der Waals surface area contributed by atoms with Crippen LogP contribution in [-0.4, -0.2) is 51.9 Å². The van der Waals surface area contributed by atoms with Crippen LogP contribution in [0.15, 0.2) is 30.3 Å². The van der Waals surface area contributed by atoms with Gasteiger partial charge in [-0.1, -0.05) is 30.3 Å². The van der Waals surface area contributed by atoms with Crippen molar-refractivity contribution in [3.63, 3.8) is 0 Å². The number of methoxy groups -OCH3 is 1. The van der Waals surface area contributed by atoms with Gasteiger partial charge in [-0.2, -0.15) is 5.21 Å². The van der Waals surface area contributed by atoms with Crippen LogP contribution in [0.1, 0.15) is 36.2 Å². The second-order valence-corrected chi connectivity index (χ2v) is 8.15. The average molecular weight is 427 g/mol. The summed E-state index contributed by atoms with van der Waals surface area (Å²) in [6, 6.07) is 9.50. The lowest BCUT2D eigenvalue weighted by Gasteiger charge is -2.33. The Morgan fingerprint density at radius 2 is 2.00 bits per heavy atom. The highest BCUT2D eigenvalue weighted by Crippen LogP contribution is 2.47. The number of aromatic amines is 1. The summed E-state index contributed by atoms with van der Waals surface area (Å²) in [6.07, 6.45) is 1.17. The van der Waals surface area contributed by atoms with Crippen LogP contribution in [0, 0.1) is 0 Å². The predicted molar refractivity (Wildman–Crippen MR) is 109 cm³/mol. The van der Waals surface area contributed by atoms with Gasteiger partial charge in [-0.3, -0.25) is 4.98 Å². The maximum atomic E-state index is 14.5. The van der Waals surface area contributed by atoms with Gasteiger partial charge in [0.05, 0.1) is 17.9 Å². The Hall–Kier alpha value is -2.78. The lowest BCUT2D eigenvalue weighted by atomic mass is 9.80. The first kappa shape index (κ1) is 20.1. The Morgan fingerprint density at radius 3 is 2.68 bits per heavy atom. The predicted octanol–water partition coefficient (Wildman–Crippen LogP) is 3.70. The number of aryl methyl sites for hydroxylation is 1. The molecule has 0 saturated carbocycles. The molecule has 0 bridgehead atoms. The van der Waals surface area contributed by atoms with Crippen molar-refractivity contribution in [3.05, 3.63) is 47.3 Å². The lowest BCUT2D eigenvalue weighted by Crippen LogP contribution is -2.35. The molecule has 1 saturated heterocycles. The molecule has 1 aromatic carbocycles. The molecule has 31 heavy (non-hydrogen) atoms. The topological polar surface area (TPSA) is 85.8 Å². The van der Waals surface area contributed by atoms with Crippen LogP contribution in [0.5, 0.6) is 0 Å². The Morgan fingerprint density at radius 1 is 1.16 bits per heavy atom. The molecule has 2 aliphatic rings. The molecule has 3 aromatic rings. The van der Waals surface area contributed by atoms with Gasteiger partial charge in [0.25, 0.3) is 5.92 Å². The van der Waals surface area contributed by atoms with Gasteiger partial charge in [-0.25, -0.2) is 8.78 Å². The normalized spacial score (nSPS) is 22.4. The van der Waals surface area contributed by atoms with E-state index in [2.05, 4.69) is 20.6 Å². The number of hydrogen-bond donors (Lipinski definition) is 1. The van der Waals surface area contributed by atoms with E-state index in [0.29, 0.717) is 53.5 Å². The summed E-state index contributed by atoms with van der Waals surface area (Å²) in [6.45, 7) is 0.876. The smallest absolute Gasteiger partial charge is 0.252 e. The minimum Gasteiger partial charge on any atom is -0.381 e. The molecule has 0 unspecified atom stereocenters. The summed E-state index contributed by atoms with van der Waals surface area (Å²) in [4.78, 5) is 4.93. The van der Waals surface area contributed by atoms with E-state index in [1.807, 2.05) is 30.3 Å². The van der Waals surface area contributed by atoms with Crippen LogP contribution < -0.4 is 0 Å². The third kappa shape index (κ3) is 3.51. The first-order valence-electron chi connectivity index (χ1n) is 10.4. The van der Waals surface area contributed by atoms with E-state index in [0.717, 1.165) is 12.0 Å². The number of pyridine rings is 1.